The van der Waals surface area contributed by atoms with Gasteiger partial charge in [0.05, 0.1) is 29.5 Å². The van der Waals surface area contributed by atoms with Crippen LogP contribution in [0.15, 0.2) is 35.7 Å². The molecule has 6 nitrogen and oxygen atoms in total. The van der Waals surface area contributed by atoms with E-state index in [0.717, 1.165) is 23.4 Å². The molecule has 126 valence electrons. The summed E-state index contributed by atoms with van der Waals surface area (Å²) >= 11 is 0. The molecular weight excluding hydrogens is 304 g/mol. The topological polar surface area (TPSA) is 67.7 Å². The third kappa shape index (κ3) is 4.62. The fourth-order valence-corrected chi connectivity index (χ4v) is 2.02. The normalized spacial score (nSPS) is 10.8. The van der Waals surface area contributed by atoms with Crippen molar-refractivity contribution in [2.45, 2.75) is 27.4 Å². The third-order valence-electron chi connectivity index (χ3n) is 3.62. The van der Waals surface area contributed by atoms with E-state index in [9.17, 15) is 4.79 Å². The minimum atomic E-state index is -0.373. The number of carbonyl (C=O) groups is 1. The quantitative estimate of drug-likeness (QED) is 0.464. The molecule has 0 fully saturated rings. The number of ether oxygens (including phenoxy) is 1. The molecule has 1 heterocycles. The Hall–Kier alpha value is -2.76. The lowest BCUT2D eigenvalue weighted by Crippen LogP contribution is -2.14. The Bertz CT molecular complexity index is 729. The average Bonchev–Trinajstić information content (AvgIpc) is 2.60. The first-order valence-corrected chi connectivity index (χ1v) is 7.79. The van der Waals surface area contributed by atoms with Gasteiger partial charge in [-0.2, -0.15) is 0 Å². The van der Waals surface area contributed by atoms with Crippen molar-refractivity contribution in [2.75, 3.05) is 13.6 Å². The molecule has 2 rings (SSSR count). The number of hydrogen-bond acceptors (Lipinski definition) is 5. The van der Waals surface area contributed by atoms with E-state index in [1.54, 1.807) is 24.9 Å². The molecular formula is C18H22N4O2. The molecule has 0 radical (unpaired) electrons. The maximum absolute atomic E-state index is 12.3. The van der Waals surface area contributed by atoms with Crippen molar-refractivity contribution >= 4 is 18.0 Å². The van der Waals surface area contributed by atoms with Crippen molar-refractivity contribution in [3.63, 3.8) is 0 Å². The highest BCUT2D eigenvalue weighted by Gasteiger charge is 2.13. The van der Waals surface area contributed by atoms with Crippen LogP contribution in [0.5, 0.6) is 0 Å². The first-order chi connectivity index (χ1) is 11.5. The highest BCUT2D eigenvalue weighted by molar-refractivity contribution is 5.92. The van der Waals surface area contributed by atoms with E-state index in [0.29, 0.717) is 11.3 Å². The average molecular weight is 326 g/mol. The van der Waals surface area contributed by atoms with Crippen LogP contribution in [0.3, 0.4) is 0 Å². The van der Waals surface area contributed by atoms with Crippen molar-refractivity contribution in [1.29, 1.82) is 0 Å². The molecule has 0 aliphatic rings. The zero-order valence-corrected chi connectivity index (χ0v) is 14.5. The van der Waals surface area contributed by atoms with Crippen molar-refractivity contribution in [2.24, 2.45) is 4.99 Å². The van der Waals surface area contributed by atoms with Crippen molar-refractivity contribution in [3.05, 3.63) is 53.1 Å². The van der Waals surface area contributed by atoms with Crippen LogP contribution in [-0.4, -0.2) is 40.8 Å². The largest absolute Gasteiger partial charge is 0.456 e. The van der Waals surface area contributed by atoms with Crippen LogP contribution in [0.2, 0.25) is 0 Å². The maximum Gasteiger partial charge on any atom is 0.338 e. The van der Waals surface area contributed by atoms with E-state index in [2.05, 4.69) is 21.9 Å². The number of aryl methyl sites for hydroxylation is 2. The number of benzene rings is 1. The minimum Gasteiger partial charge on any atom is -0.456 e. The van der Waals surface area contributed by atoms with Crippen LogP contribution < -0.4 is 0 Å². The zero-order chi connectivity index (χ0) is 17.5. The predicted molar refractivity (Wildman–Crippen MR) is 93.5 cm³/mol. The van der Waals surface area contributed by atoms with Crippen LogP contribution in [0.25, 0.3) is 0 Å². The predicted octanol–water partition coefficient (Wildman–Crippen LogP) is 3.06. The molecule has 0 atom stereocenters. The lowest BCUT2D eigenvalue weighted by molar-refractivity contribution is 0.0466. The molecule has 0 saturated heterocycles. The van der Waals surface area contributed by atoms with Gasteiger partial charge in [0.2, 0.25) is 0 Å². The van der Waals surface area contributed by atoms with Gasteiger partial charge in [0.1, 0.15) is 6.61 Å². The smallest absolute Gasteiger partial charge is 0.338 e. The van der Waals surface area contributed by atoms with Gasteiger partial charge in [-0.3, -0.25) is 9.97 Å². The highest BCUT2D eigenvalue weighted by Crippen LogP contribution is 2.24. The monoisotopic (exact) mass is 326 g/mol. The molecule has 6 heteroatoms. The Morgan fingerprint density at radius 1 is 1.29 bits per heavy atom. The SMILES string of the molecule is CCN(C)/C=N/c1cc(C)c(C(=O)OCc2cnccn2)cc1C. The van der Waals surface area contributed by atoms with Crippen LogP contribution in [0.4, 0.5) is 5.69 Å². The summed E-state index contributed by atoms with van der Waals surface area (Å²) in [5.74, 6) is -0.373. The molecule has 0 spiro atoms. The molecule has 0 unspecified atom stereocenters. The van der Waals surface area contributed by atoms with E-state index in [-0.39, 0.29) is 12.6 Å². The van der Waals surface area contributed by atoms with E-state index >= 15 is 0 Å². The lowest BCUT2D eigenvalue weighted by Gasteiger charge is -2.11. The van der Waals surface area contributed by atoms with Crippen LogP contribution in [0.1, 0.15) is 34.1 Å². The summed E-state index contributed by atoms with van der Waals surface area (Å²) in [5, 5.41) is 0. The van der Waals surface area contributed by atoms with Gasteiger partial charge in [-0.25, -0.2) is 9.79 Å². The molecule has 0 N–H and O–H groups in total. The van der Waals surface area contributed by atoms with Gasteiger partial charge in [0, 0.05) is 26.0 Å². The summed E-state index contributed by atoms with van der Waals surface area (Å²) in [6.45, 7) is 6.85. The van der Waals surface area contributed by atoms with Crippen LogP contribution in [-0.2, 0) is 11.3 Å². The Balaban J connectivity index is 2.11. The van der Waals surface area contributed by atoms with Gasteiger partial charge < -0.3 is 9.64 Å². The fourth-order valence-electron chi connectivity index (χ4n) is 2.02. The van der Waals surface area contributed by atoms with Gasteiger partial charge >= 0.3 is 5.97 Å². The second-order valence-corrected chi connectivity index (χ2v) is 5.54. The summed E-state index contributed by atoms with van der Waals surface area (Å²) in [7, 11) is 1.96. The number of aliphatic imine (C=N–C) groups is 1. The molecule has 0 aliphatic heterocycles. The highest BCUT2D eigenvalue weighted by atomic mass is 16.5. The minimum absolute atomic E-state index is 0.104. The van der Waals surface area contributed by atoms with E-state index in [1.165, 1.54) is 0 Å². The molecule has 0 bridgehead atoms. The summed E-state index contributed by atoms with van der Waals surface area (Å²) in [6.07, 6.45) is 6.51. The number of aromatic nitrogens is 2. The molecule has 0 saturated carbocycles. The van der Waals surface area contributed by atoms with E-state index in [4.69, 9.17) is 4.74 Å². The lowest BCUT2D eigenvalue weighted by atomic mass is 10.0. The second kappa shape index (κ2) is 8.19. The number of carbonyl (C=O) groups excluding carboxylic acids is 1. The van der Waals surface area contributed by atoms with Crippen LogP contribution >= 0.6 is 0 Å². The van der Waals surface area contributed by atoms with Gasteiger partial charge in [0.25, 0.3) is 0 Å². The first kappa shape index (κ1) is 17.6. The van der Waals surface area contributed by atoms with Gasteiger partial charge in [0.15, 0.2) is 0 Å². The van der Waals surface area contributed by atoms with Gasteiger partial charge in [-0.15, -0.1) is 0 Å². The van der Waals surface area contributed by atoms with E-state index in [1.807, 2.05) is 37.9 Å². The van der Waals surface area contributed by atoms with Crippen molar-refractivity contribution in [1.82, 2.24) is 14.9 Å². The Morgan fingerprint density at radius 3 is 2.75 bits per heavy atom. The van der Waals surface area contributed by atoms with Crippen LogP contribution in [0, 0.1) is 13.8 Å². The standard InChI is InChI=1S/C18H22N4O2/c1-5-22(4)12-21-17-9-13(2)16(8-14(17)3)18(23)24-11-15-10-19-6-7-20-15/h6-10,12H,5,11H2,1-4H3/b21-12+. The third-order valence-corrected chi connectivity index (χ3v) is 3.62. The van der Waals surface area contributed by atoms with E-state index < -0.39 is 0 Å². The zero-order valence-electron chi connectivity index (χ0n) is 14.5. The number of nitrogens with zero attached hydrogens (tertiary/aromatic N) is 4. The molecule has 24 heavy (non-hydrogen) atoms. The molecule has 0 amide bonds. The Morgan fingerprint density at radius 2 is 2.08 bits per heavy atom. The number of rotatable bonds is 6. The molecule has 0 aliphatic carbocycles. The Labute approximate surface area is 142 Å². The summed E-state index contributed by atoms with van der Waals surface area (Å²) < 4.78 is 5.32. The first-order valence-electron chi connectivity index (χ1n) is 7.79. The summed E-state index contributed by atoms with van der Waals surface area (Å²) in [4.78, 5) is 26.8. The molecule has 1 aromatic carbocycles. The summed E-state index contributed by atoms with van der Waals surface area (Å²) in [5.41, 5.74) is 3.75. The van der Waals surface area contributed by atoms with Crippen molar-refractivity contribution < 1.29 is 9.53 Å². The Kier molecular flexibility index (Phi) is 6.01. The molecule has 1 aromatic heterocycles. The fraction of sp³-hybridized carbons (Fsp3) is 0.333. The number of hydrogen-bond donors (Lipinski definition) is 0. The second-order valence-electron chi connectivity index (χ2n) is 5.54. The van der Waals surface area contributed by atoms with Gasteiger partial charge in [-0.1, -0.05) is 0 Å². The summed E-state index contributed by atoms with van der Waals surface area (Å²) in [6, 6.07) is 3.71. The number of esters is 1. The van der Waals surface area contributed by atoms with Crippen molar-refractivity contribution in [3.8, 4) is 0 Å². The maximum atomic E-state index is 12.3. The van der Waals surface area contributed by atoms with Gasteiger partial charge in [-0.05, 0) is 44.0 Å². The molecule has 2 aromatic rings.